The van der Waals surface area contributed by atoms with Crippen molar-refractivity contribution in [2.45, 2.75) is 19.8 Å². The summed E-state index contributed by atoms with van der Waals surface area (Å²) in [6.45, 7) is 2.59. The van der Waals surface area contributed by atoms with Gasteiger partial charge in [-0.15, -0.1) is 0 Å². The summed E-state index contributed by atoms with van der Waals surface area (Å²) in [7, 11) is 0. The van der Waals surface area contributed by atoms with Crippen LogP contribution in [0.4, 0.5) is 5.69 Å². The number of benzene rings is 2. The van der Waals surface area contributed by atoms with Crippen LogP contribution in [0.15, 0.2) is 54.6 Å². The van der Waals surface area contributed by atoms with E-state index in [2.05, 4.69) is 5.32 Å². The van der Waals surface area contributed by atoms with Crippen molar-refractivity contribution in [2.75, 3.05) is 11.9 Å². The zero-order valence-corrected chi connectivity index (χ0v) is 11.6. The Morgan fingerprint density at radius 3 is 2.50 bits per heavy atom. The van der Waals surface area contributed by atoms with Crippen LogP contribution in [0.5, 0.6) is 5.75 Å². The summed E-state index contributed by atoms with van der Waals surface area (Å²) >= 11 is 0. The lowest BCUT2D eigenvalue weighted by Crippen LogP contribution is -2.12. The number of anilines is 1. The van der Waals surface area contributed by atoms with Crippen LogP contribution in [0.2, 0.25) is 0 Å². The Hall–Kier alpha value is -2.29. The number of nitrogens with one attached hydrogen (secondary N) is 1. The molecule has 2 rings (SSSR count). The molecule has 2 aromatic carbocycles. The highest BCUT2D eigenvalue weighted by Crippen LogP contribution is 2.19. The van der Waals surface area contributed by atoms with Gasteiger partial charge >= 0.3 is 0 Å². The topological polar surface area (TPSA) is 38.3 Å². The molecule has 3 heteroatoms. The van der Waals surface area contributed by atoms with Crippen LogP contribution in [0.25, 0.3) is 0 Å². The van der Waals surface area contributed by atoms with Crippen LogP contribution in [0.1, 0.15) is 18.9 Å². The third-order valence-electron chi connectivity index (χ3n) is 2.95. The van der Waals surface area contributed by atoms with E-state index in [9.17, 15) is 4.79 Å². The van der Waals surface area contributed by atoms with Crippen LogP contribution >= 0.6 is 0 Å². The number of para-hydroxylation sites is 2. The van der Waals surface area contributed by atoms with Gasteiger partial charge < -0.3 is 10.1 Å². The molecular formula is C17H19NO2. The zero-order chi connectivity index (χ0) is 14.2. The summed E-state index contributed by atoms with van der Waals surface area (Å²) in [6.07, 6.45) is 1.12. The summed E-state index contributed by atoms with van der Waals surface area (Å²) in [5.41, 5.74) is 1.90. The van der Waals surface area contributed by atoms with Gasteiger partial charge in [0, 0.05) is 12.1 Å². The monoisotopic (exact) mass is 269 g/mol. The number of rotatable bonds is 6. The van der Waals surface area contributed by atoms with E-state index in [4.69, 9.17) is 4.74 Å². The maximum atomic E-state index is 11.9. The lowest BCUT2D eigenvalue weighted by Gasteiger charge is -2.10. The van der Waals surface area contributed by atoms with Crippen LogP contribution in [-0.4, -0.2) is 12.5 Å². The fourth-order valence-electron chi connectivity index (χ4n) is 2.00. The summed E-state index contributed by atoms with van der Waals surface area (Å²) in [5.74, 6) is 0.880. The minimum absolute atomic E-state index is 0.0162. The Morgan fingerprint density at radius 2 is 1.75 bits per heavy atom. The van der Waals surface area contributed by atoms with Gasteiger partial charge in [-0.3, -0.25) is 4.79 Å². The van der Waals surface area contributed by atoms with Gasteiger partial charge in [0.1, 0.15) is 5.75 Å². The Morgan fingerprint density at radius 1 is 1.05 bits per heavy atom. The van der Waals surface area contributed by atoms with Crippen molar-refractivity contribution in [2.24, 2.45) is 0 Å². The second-order valence-corrected chi connectivity index (χ2v) is 4.45. The van der Waals surface area contributed by atoms with Crippen molar-refractivity contribution >= 4 is 11.6 Å². The molecule has 0 aliphatic carbocycles. The van der Waals surface area contributed by atoms with Crippen molar-refractivity contribution in [3.05, 3.63) is 60.2 Å². The number of hydrogen-bond donors (Lipinski definition) is 1. The molecule has 1 amide bonds. The van der Waals surface area contributed by atoms with Crippen molar-refractivity contribution in [3.63, 3.8) is 0 Å². The average Bonchev–Trinajstić information content (AvgIpc) is 2.48. The first-order chi connectivity index (χ1) is 9.79. The maximum Gasteiger partial charge on any atom is 0.224 e. The third kappa shape index (κ3) is 4.12. The molecule has 20 heavy (non-hydrogen) atoms. The summed E-state index contributed by atoms with van der Waals surface area (Å²) < 4.78 is 5.56. The Labute approximate surface area is 119 Å². The third-order valence-corrected chi connectivity index (χ3v) is 2.95. The molecule has 0 fully saturated rings. The molecule has 0 aliphatic heterocycles. The molecule has 1 N–H and O–H groups in total. The number of carbonyl (C=O) groups excluding carboxylic acids is 1. The molecule has 0 bridgehead atoms. The van der Waals surface area contributed by atoms with Crippen molar-refractivity contribution in [1.29, 1.82) is 0 Å². The predicted octanol–water partition coefficient (Wildman–Crippen LogP) is 3.66. The van der Waals surface area contributed by atoms with E-state index in [-0.39, 0.29) is 5.91 Å². The SMILES string of the molecule is CCOc1ccccc1CCC(=O)Nc1ccccc1. The lowest BCUT2D eigenvalue weighted by molar-refractivity contribution is -0.116. The van der Waals surface area contributed by atoms with Crippen molar-refractivity contribution in [1.82, 2.24) is 0 Å². The van der Waals surface area contributed by atoms with Crippen molar-refractivity contribution in [3.8, 4) is 5.75 Å². The molecule has 0 saturated heterocycles. The number of aryl methyl sites for hydroxylation is 1. The van der Waals surface area contributed by atoms with Crippen LogP contribution < -0.4 is 10.1 Å². The minimum Gasteiger partial charge on any atom is -0.494 e. The number of carbonyl (C=O) groups is 1. The largest absolute Gasteiger partial charge is 0.494 e. The van der Waals surface area contributed by atoms with Gasteiger partial charge in [0.25, 0.3) is 0 Å². The first-order valence-electron chi connectivity index (χ1n) is 6.85. The highest BCUT2D eigenvalue weighted by atomic mass is 16.5. The molecule has 0 radical (unpaired) electrons. The first-order valence-corrected chi connectivity index (χ1v) is 6.85. The van der Waals surface area contributed by atoms with Gasteiger partial charge in [-0.05, 0) is 37.1 Å². The standard InChI is InChI=1S/C17H19NO2/c1-2-20-16-11-7-6-8-14(16)12-13-17(19)18-15-9-4-3-5-10-15/h3-11H,2,12-13H2,1H3,(H,18,19). The quantitative estimate of drug-likeness (QED) is 0.869. The second-order valence-electron chi connectivity index (χ2n) is 4.45. The molecule has 0 unspecified atom stereocenters. The molecule has 3 nitrogen and oxygen atoms in total. The predicted molar refractivity (Wildman–Crippen MR) is 81.0 cm³/mol. The van der Waals surface area contributed by atoms with E-state index in [1.807, 2.05) is 61.5 Å². The lowest BCUT2D eigenvalue weighted by atomic mass is 10.1. The molecule has 0 aromatic heterocycles. The van der Waals surface area contributed by atoms with E-state index in [1.54, 1.807) is 0 Å². The van der Waals surface area contributed by atoms with Gasteiger partial charge in [-0.1, -0.05) is 36.4 Å². The van der Waals surface area contributed by atoms with Crippen LogP contribution in [-0.2, 0) is 11.2 Å². The Balaban J connectivity index is 1.90. The maximum absolute atomic E-state index is 11.9. The summed E-state index contributed by atoms with van der Waals surface area (Å²) in [5, 5.41) is 2.88. The smallest absolute Gasteiger partial charge is 0.224 e. The normalized spacial score (nSPS) is 10.1. The van der Waals surface area contributed by atoms with E-state index in [0.29, 0.717) is 19.4 Å². The number of ether oxygens (including phenoxy) is 1. The van der Waals surface area contributed by atoms with Gasteiger partial charge in [-0.25, -0.2) is 0 Å². The molecule has 0 saturated carbocycles. The minimum atomic E-state index is 0.0162. The molecule has 2 aromatic rings. The summed E-state index contributed by atoms with van der Waals surface area (Å²) in [6, 6.07) is 17.3. The second kappa shape index (κ2) is 7.34. The molecule has 0 spiro atoms. The van der Waals surface area contributed by atoms with E-state index in [0.717, 1.165) is 17.0 Å². The van der Waals surface area contributed by atoms with Crippen molar-refractivity contribution < 1.29 is 9.53 Å². The number of hydrogen-bond acceptors (Lipinski definition) is 2. The molecular weight excluding hydrogens is 250 g/mol. The molecule has 0 aliphatic rings. The highest BCUT2D eigenvalue weighted by Gasteiger charge is 2.06. The van der Waals surface area contributed by atoms with E-state index < -0.39 is 0 Å². The Kier molecular flexibility index (Phi) is 5.18. The Bertz CT molecular complexity index is 552. The summed E-state index contributed by atoms with van der Waals surface area (Å²) in [4.78, 5) is 11.9. The first kappa shape index (κ1) is 14.1. The molecule has 104 valence electrons. The zero-order valence-electron chi connectivity index (χ0n) is 11.6. The fraction of sp³-hybridized carbons (Fsp3) is 0.235. The van der Waals surface area contributed by atoms with Crippen LogP contribution in [0, 0.1) is 0 Å². The highest BCUT2D eigenvalue weighted by molar-refractivity contribution is 5.90. The van der Waals surface area contributed by atoms with Gasteiger partial charge in [0.15, 0.2) is 0 Å². The van der Waals surface area contributed by atoms with E-state index >= 15 is 0 Å². The fourth-order valence-corrected chi connectivity index (χ4v) is 2.00. The van der Waals surface area contributed by atoms with E-state index in [1.165, 1.54) is 0 Å². The van der Waals surface area contributed by atoms with Gasteiger partial charge in [0.2, 0.25) is 5.91 Å². The van der Waals surface area contributed by atoms with Gasteiger partial charge in [-0.2, -0.15) is 0 Å². The molecule has 0 atom stereocenters. The number of amides is 1. The molecule has 0 heterocycles. The van der Waals surface area contributed by atoms with Crippen LogP contribution in [0.3, 0.4) is 0 Å². The van der Waals surface area contributed by atoms with Gasteiger partial charge in [0.05, 0.1) is 6.61 Å². The average molecular weight is 269 g/mol.